The third-order valence-electron chi connectivity index (χ3n) is 9.31. The van der Waals surface area contributed by atoms with Gasteiger partial charge in [-0.05, 0) is 58.2 Å². The molecular weight excluding hydrogens is 705 g/mol. The molecular formula is C42H42N4O7S. The molecule has 4 aromatic carbocycles. The second-order valence-corrected chi connectivity index (χ2v) is 14.5. The summed E-state index contributed by atoms with van der Waals surface area (Å²) < 4.78 is 5.70. The molecule has 3 aliphatic rings. The molecule has 0 aromatic heterocycles. The maximum Gasteiger partial charge on any atom is 0.326 e. The van der Waals surface area contributed by atoms with Crippen LogP contribution >= 0.6 is 11.8 Å². The smallest absolute Gasteiger partial charge is 0.326 e. The highest BCUT2D eigenvalue weighted by atomic mass is 32.2. The fourth-order valence-electron chi connectivity index (χ4n) is 6.40. The van der Waals surface area contributed by atoms with Crippen molar-refractivity contribution in [3.63, 3.8) is 0 Å². The van der Waals surface area contributed by atoms with Gasteiger partial charge in [-0.25, -0.2) is 4.79 Å². The minimum atomic E-state index is -1.31. The molecule has 3 aliphatic heterocycles. The molecule has 2 bridgehead atoms. The first-order chi connectivity index (χ1) is 26.2. The first kappa shape index (κ1) is 37.9. The third kappa shape index (κ3) is 10.6. The van der Waals surface area contributed by atoms with Crippen LogP contribution in [0.1, 0.15) is 29.5 Å². The van der Waals surface area contributed by atoms with Gasteiger partial charge in [0, 0.05) is 24.5 Å². The zero-order valence-corrected chi connectivity index (χ0v) is 30.3. The highest BCUT2D eigenvalue weighted by Crippen LogP contribution is 2.28. The molecule has 54 heavy (non-hydrogen) atoms. The number of rotatable bonds is 8. The summed E-state index contributed by atoms with van der Waals surface area (Å²) >= 11 is 1.57. The summed E-state index contributed by atoms with van der Waals surface area (Å²) in [6, 6.07) is 28.4. The number of carboxylic acid groups (broad SMARTS) is 1. The normalized spacial score (nSPS) is 22.4. The van der Waals surface area contributed by atoms with E-state index in [1.54, 1.807) is 48.2 Å². The highest BCUT2D eigenvalue weighted by molar-refractivity contribution is 8.03. The summed E-state index contributed by atoms with van der Waals surface area (Å²) in [5.74, 6) is -3.29. The van der Waals surface area contributed by atoms with Crippen molar-refractivity contribution >= 4 is 41.4 Å². The van der Waals surface area contributed by atoms with E-state index in [-0.39, 0.29) is 31.1 Å². The Kier molecular flexibility index (Phi) is 12.8. The van der Waals surface area contributed by atoms with Crippen LogP contribution in [0.25, 0.3) is 11.1 Å². The maximum absolute atomic E-state index is 14.3. The van der Waals surface area contributed by atoms with Crippen molar-refractivity contribution in [3.05, 3.63) is 137 Å². The van der Waals surface area contributed by atoms with Crippen LogP contribution in [-0.4, -0.2) is 70.7 Å². The third-order valence-corrected chi connectivity index (χ3v) is 10.4. The van der Waals surface area contributed by atoms with Gasteiger partial charge in [-0.3, -0.25) is 19.2 Å². The molecule has 3 heterocycles. The van der Waals surface area contributed by atoms with E-state index < -0.39 is 53.8 Å². The maximum atomic E-state index is 14.3. The Morgan fingerprint density at radius 1 is 0.667 bits per heavy atom. The number of nitrogens with one attached hydrogen (secondary N) is 4. The number of hydrogen-bond acceptors (Lipinski definition) is 7. The molecule has 0 spiro atoms. The Morgan fingerprint density at radius 3 is 1.85 bits per heavy atom. The van der Waals surface area contributed by atoms with Crippen LogP contribution in [0.2, 0.25) is 0 Å². The molecule has 5 atom stereocenters. The minimum Gasteiger partial charge on any atom is -0.484 e. The lowest BCUT2D eigenvalue weighted by molar-refractivity contribution is -0.142. The quantitative estimate of drug-likeness (QED) is 0.168. The van der Waals surface area contributed by atoms with Crippen LogP contribution in [0.3, 0.4) is 0 Å². The van der Waals surface area contributed by atoms with Crippen molar-refractivity contribution < 1.29 is 33.8 Å². The molecule has 7 rings (SSSR count). The highest BCUT2D eigenvalue weighted by Gasteiger charge is 2.33. The Labute approximate surface area is 318 Å². The SMILES string of the molecule is O=C1COc2ccc(cc2)C[C@@H](C(=O)O)NC(=O)[C@H](Cc2ccccc2)NC(=O)[C@H](Cc2ccc(-c3ccccc3)cc2)NC(=O)[C@@H](CC2CC=CS2)N1. The lowest BCUT2D eigenvalue weighted by Crippen LogP contribution is -2.59. The molecule has 11 nitrogen and oxygen atoms in total. The molecule has 12 heteroatoms. The number of carbonyl (C=O) groups excluding carboxylic acids is 4. The van der Waals surface area contributed by atoms with Gasteiger partial charge in [0.1, 0.15) is 29.9 Å². The standard InChI is InChI=1S/C42H42N4O7S/c47-38-26-53-32-19-15-29(16-20-32)24-37(42(51)52)46-40(49)34(22-27-8-3-1-4-9-27)44-39(48)35(45-41(50)36(43-38)25-33-12-7-21-54-33)23-28-13-17-31(18-14-28)30-10-5-2-6-11-30/h1-11,13-21,33-37H,12,22-26H2,(H,43,47)(H,44,48)(H,45,50)(H,46,49)(H,51,52)/t33?,34-,35-,36+,37-/m0/s1. The number of allylic oxidation sites excluding steroid dienone is 1. The van der Waals surface area contributed by atoms with Gasteiger partial charge in [-0.1, -0.05) is 103 Å². The average molecular weight is 747 g/mol. The fraction of sp³-hybridized carbons (Fsp3) is 0.262. The lowest BCUT2D eigenvalue weighted by atomic mass is 9.99. The largest absolute Gasteiger partial charge is 0.484 e. The molecule has 1 unspecified atom stereocenters. The average Bonchev–Trinajstić information content (AvgIpc) is 3.70. The Morgan fingerprint density at radius 2 is 1.24 bits per heavy atom. The van der Waals surface area contributed by atoms with Crippen LogP contribution in [0.5, 0.6) is 5.75 Å². The zero-order chi connectivity index (χ0) is 37.9. The molecule has 5 N–H and O–H groups in total. The summed E-state index contributed by atoms with van der Waals surface area (Å²) in [7, 11) is 0. The summed E-state index contributed by atoms with van der Waals surface area (Å²) in [5, 5.41) is 23.2. The number of aliphatic carboxylic acids is 1. The minimum absolute atomic E-state index is 0.0371. The Balaban J connectivity index is 1.33. The van der Waals surface area contributed by atoms with E-state index in [1.807, 2.05) is 84.3 Å². The monoisotopic (exact) mass is 746 g/mol. The summed E-state index contributed by atoms with van der Waals surface area (Å²) in [6.45, 7) is -0.369. The number of fused-ring (bicyclic) bond motifs is 16. The lowest BCUT2D eigenvalue weighted by Gasteiger charge is -2.27. The molecule has 4 aromatic rings. The molecule has 0 aliphatic carbocycles. The number of benzene rings is 4. The van der Waals surface area contributed by atoms with Crippen LogP contribution in [-0.2, 0) is 43.2 Å². The number of thioether (sulfide) groups is 1. The van der Waals surface area contributed by atoms with E-state index in [2.05, 4.69) is 21.3 Å². The van der Waals surface area contributed by atoms with E-state index in [1.165, 1.54) is 0 Å². The number of ether oxygens (including phenoxy) is 1. The summed E-state index contributed by atoms with van der Waals surface area (Å²) in [4.78, 5) is 67.9. The molecule has 0 fully saturated rings. The van der Waals surface area contributed by atoms with Crippen LogP contribution in [0, 0.1) is 0 Å². The second kappa shape index (κ2) is 18.2. The van der Waals surface area contributed by atoms with Gasteiger partial charge in [-0.15, -0.1) is 11.8 Å². The van der Waals surface area contributed by atoms with Crippen molar-refractivity contribution in [1.29, 1.82) is 0 Å². The summed E-state index contributed by atoms with van der Waals surface area (Å²) in [5.41, 5.74) is 4.09. The zero-order valence-electron chi connectivity index (χ0n) is 29.5. The van der Waals surface area contributed by atoms with Gasteiger partial charge in [0.25, 0.3) is 5.91 Å². The molecule has 0 radical (unpaired) electrons. The first-order valence-corrected chi connectivity index (χ1v) is 18.8. The van der Waals surface area contributed by atoms with Crippen LogP contribution in [0.15, 0.2) is 121 Å². The number of carbonyl (C=O) groups is 5. The molecule has 0 saturated carbocycles. The van der Waals surface area contributed by atoms with E-state index >= 15 is 0 Å². The number of amides is 4. The van der Waals surface area contributed by atoms with Gasteiger partial charge >= 0.3 is 5.97 Å². The van der Waals surface area contributed by atoms with Crippen molar-refractivity contribution in [1.82, 2.24) is 21.3 Å². The van der Waals surface area contributed by atoms with Gasteiger partial charge in [0.15, 0.2) is 6.61 Å². The van der Waals surface area contributed by atoms with E-state index in [0.29, 0.717) is 17.7 Å². The predicted octanol–water partition coefficient (Wildman–Crippen LogP) is 4.21. The van der Waals surface area contributed by atoms with Gasteiger partial charge in [0.05, 0.1) is 0 Å². The number of carboxylic acids is 1. The molecule has 0 saturated heterocycles. The number of hydrogen-bond donors (Lipinski definition) is 5. The van der Waals surface area contributed by atoms with Crippen LogP contribution in [0.4, 0.5) is 0 Å². The van der Waals surface area contributed by atoms with Gasteiger partial charge in [-0.2, -0.15) is 0 Å². The van der Waals surface area contributed by atoms with Gasteiger partial charge in [0.2, 0.25) is 17.7 Å². The van der Waals surface area contributed by atoms with Crippen molar-refractivity contribution in [2.75, 3.05) is 6.61 Å². The second-order valence-electron chi connectivity index (χ2n) is 13.3. The molecule has 278 valence electrons. The van der Waals surface area contributed by atoms with Crippen LogP contribution < -0.4 is 26.0 Å². The fourth-order valence-corrected chi connectivity index (χ4v) is 7.37. The van der Waals surface area contributed by atoms with E-state index in [0.717, 1.165) is 28.7 Å². The topological polar surface area (TPSA) is 163 Å². The summed E-state index contributed by atoms with van der Waals surface area (Å²) in [6.07, 6.45) is 3.13. The van der Waals surface area contributed by atoms with E-state index in [9.17, 15) is 29.1 Å². The van der Waals surface area contributed by atoms with E-state index in [4.69, 9.17) is 4.74 Å². The molecule has 4 amide bonds. The van der Waals surface area contributed by atoms with Crippen molar-refractivity contribution in [2.45, 2.75) is 61.5 Å². The first-order valence-electron chi connectivity index (χ1n) is 17.8. The van der Waals surface area contributed by atoms with Crippen molar-refractivity contribution in [2.24, 2.45) is 0 Å². The Hall–Kier alpha value is -5.88. The Bertz CT molecular complexity index is 1950. The predicted molar refractivity (Wildman–Crippen MR) is 206 cm³/mol. The van der Waals surface area contributed by atoms with Crippen molar-refractivity contribution in [3.8, 4) is 16.9 Å². The van der Waals surface area contributed by atoms with Gasteiger partial charge < -0.3 is 31.1 Å².